The maximum atomic E-state index is 14.0. The fraction of sp³-hybridized carbons (Fsp3) is 0.292. The molecule has 0 saturated carbocycles. The molecular weight excluding hydrogens is 366 g/mol. The summed E-state index contributed by atoms with van der Waals surface area (Å²) in [5.74, 6) is -2.10. The number of ketones is 1. The number of ether oxygens (including phenoxy) is 1. The van der Waals surface area contributed by atoms with Gasteiger partial charge in [-0.2, -0.15) is 0 Å². The number of Topliss-reactive ketones (excluding diaryl/α,β-unsaturated/α-hetero) is 1. The van der Waals surface area contributed by atoms with Crippen molar-refractivity contribution in [2.75, 3.05) is 12.0 Å². The molecule has 1 aliphatic carbocycles. The van der Waals surface area contributed by atoms with E-state index < -0.39 is 17.3 Å². The Bertz CT molecular complexity index is 1030. The van der Waals surface area contributed by atoms with Gasteiger partial charge in [-0.15, -0.1) is 0 Å². The fourth-order valence-electron chi connectivity index (χ4n) is 5.00. The highest BCUT2D eigenvalue weighted by molar-refractivity contribution is 6.14. The van der Waals surface area contributed by atoms with Crippen LogP contribution in [0.2, 0.25) is 0 Å². The Morgan fingerprint density at radius 1 is 1.07 bits per heavy atom. The molecule has 0 bridgehead atoms. The summed E-state index contributed by atoms with van der Waals surface area (Å²) in [6.07, 6.45) is 1.73. The maximum Gasteiger partial charge on any atom is 0.334 e. The third-order valence-corrected chi connectivity index (χ3v) is 6.16. The highest BCUT2D eigenvalue weighted by atomic mass is 16.5. The van der Waals surface area contributed by atoms with E-state index >= 15 is 0 Å². The predicted octanol–water partition coefficient (Wildman–Crippen LogP) is 3.43. The lowest BCUT2D eigenvalue weighted by Crippen LogP contribution is -2.49. The summed E-state index contributed by atoms with van der Waals surface area (Å²) in [5.41, 5.74) is 1.74. The number of benzene rings is 2. The number of fused-ring (bicyclic) bond motifs is 2. The Morgan fingerprint density at radius 2 is 1.72 bits per heavy atom. The summed E-state index contributed by atoms with van der Waals surface area (Å²) < 4.78 is 4.93. The number of hydrogen-bond donors (Lipinski definition) is 0. The van der Waals surface area contributed by atoms with Crippen LogP contribution in [0.15, 0.2) is 66.2 Å². The quantitative estimate of drug-likeness (QED) is 0.752. The fourth-order valence-corrected chi connectivity index (χ4v) is 5.00. The molecule has 1 heterocycles. The van der Waals surface area contributed by atoms with Gasteiger partial charge in [0.05, 0.1) is 25.0 Å². The van der Waals surface area contributed by atoms with E-state index in [4.69, 9.17) is 4.74 Å². The van der Waals surface area contributed by atoms with Crippen molar-refractivity contribution in [2.24, 2.45) is 11.8 Å². The molecule has 29 heavy (non-hydrogen) atoms. The molecule has 0 N–H and O–H groups in total. The minimum Gasteiger partial charge on any atom is -0.466 e. The van der Waals surface area contributed by atoms with Crippen LogP contribution in [0.5, 0.6) is 0 Å². The average molecular weight is 389 g/mol. The lowest BCUT2D eigenvalue weighted by molar-refractivity contribution is -0.139. The molecule has 0 unspecified atom stereocenters. The molecule has 5 nitrogen and oxygen atoms in total. The number of methoxy groups -OCH3 is 1. The Labute approximate surface area is 170 Å². The van der Waals surface area contributed by atoms with E-state index in [0.29, 0.717) is 6.54 Å². The van der Waals surface area contributed by atoms with E-state index in [1.807, 2.05) is 61.5 Å². The smallest absolute Gasteiger partial charge is 0.334 e. The average Bonchev–Trinajstić information content (AvgIpc) is 3.17. The first-order valence-electron chi connectivity index (χ1n) is 9.68. The number of carbonyl (C=O) groups excluding carboxylic acids is 3. The van der Waals surface area contributed by atoms with E-state index in [1.54, 1.807) is 11.0 Å². The van der Waals surface area contributed by atoms with E-state index in [0.717, 1.165) is 16.8 Å². The largest absolute Gasteiger partial charge is 0.466 e. The second-order valence-corrected chi connectivity index (χ2v) is 7.71. The van der Waals surface area contributed by atoms with Gasteiger partial charge in [-0.3, -0.25) is 9.59 Å². The van der Waals surface area contributed by atoms with Crippen LogP contribution in [0.3, 0.4) is 0 Å². The molecule has 1 amide bonds. The number of esters is 1. The van der Waals surface area contributed by atoms with Gasteiger partial charge in [0.25, 0.3) is 0 Å². The highest BCUT2D eigenvalue weighted by Crippen LogP contribution is 2.57. The van der Waals surface area contributed by atoms with Gasteiger partial charge >= 0.3 is 5.97 Å². The SMILES string of the molecule is COC(=O)C1=C[C@@H](C)[C@@]2(C(=O)N(Cc3ccccc3)c3ccccc32)[C@@H]1C(C)=O. The molecule has 3 atom stereocenters. The van der Waals surface area contributed by atoms with Gasteiger partial charge in [-0.1, -0.05) is 61.5 Å². The number of allylic oxidation sites excluding steroid dienone is 1. The van der Waals surface area contributed by atoms with Crippen molar-refractivity contribution in [3.05, 3.63) is 77.4 Å². The zero-order valence-corrected chi connectivity index (χ0v) is 16.7. The molecule has 0 saturated heterocycles. The lowest BCUT2D eigenvalue weighted by atomic mass is 9.65. The van der Waals surface area contributed by atoms with Crippen LogP contribution in [-0.4, -0.2) is 24.8 Å². The summed E-state index contributed by atoms with van der Waals surface area (Å²) >= 11 is 0. The van der Waals surface area contributed by atoms with Gasteiger partial charge in [0.1, 0.15) is 5.78 Å². The zero-order valence-electron chi connectivity index (χ0n) is 16.7. The topological polar surface area (TPSA) is 63.7 Å². The second-order valence-electron chi connectivity index (χ2n) is 7.71. The predicted molar refractivity (Wildman–Crippen MR) is 109 cm³/mol. The van der Waals surface area contributed by atoms with Crippen LogP contribution in [0.4, 0.5) is 5.69 Å². The van der Waals surface area contributed by atoms with Gasteiger partial charge in [0.15, 0.2) is 0 Å². The number of hydrogen-bond acceptors (Lipinski definition) is 4. The third-order valence-electron chi connectivity index (χ3n) is 6.16. The molecule has 1 spiro atoms. The molecule has 0 radical (unpaired) electrons. The first-order valence-corrected chi connectivity index (χ1v) is 9.68. The summed E-state index contributed by atoms with van der Waals surface area (Å²) in [7, 11) is 1.29. The van der Waals surface area contributed by atoms with Crippen LogP contribution < -0.4 is 4.90 Å². The van der Waals surface area contributed by atoms with E-state index in [9.17, 15) is 14.4 Å². The van der Waals surface area contributed by atoms with Crippen molar-refractivity contribution >= 4 is 23.3 Å². The van der Waals surface area contributed by atoms with Crippen LogP contribution in [-0.2, 0) is 31.1 Å². The summed E-state index contributed by atoms with van der Waals surface area (Å²) in [5, 5.41) is 0. The van der Waals surface area contributed by atoms with Crippen LogP contribution in [0.1, 0.15) is 25.0 Å². The molecule has 4 rings (SSSR count). The van der Waals surface area contributed by atoms with Crippen molar-refractivity contribution in [1.82, 2.24) is 0 Å². The lowest BCUT2D eigenvalue weighted by Gasteiger charge is -2.34. The molecule has 2 aromatic rings. The minimum absolute atomic E-state index is 0.148. The second kappa shape index (κ2) is 6.99. The number of nitrogens with zero attached hydrogens (tertiary/aromatic N) is 1. The van der Waals surface area contributed by atoms with Crippen molar-refractivity contribution in [2.45, 2.75) is 25.8 Å². The molecule has 2 aliphatic rings. The van der Waals surface area contributed by atoms with Crippen LogP contribution >= 0.6 is 0 Å². The Morgan fingerprint density at radius 3 is 2.38 bits per heavy atom. The zero-order chi connectivity index (χ0) is 20.8. The van der Waals surface area contributed by atoms with Crippen molar-refractivity contribution < 1.29 is 19.1 Å². The number of para-hydroxylation sites is 1. The van der Waals surface area contributed by atoms with E-state index in [1.165, 1.54) is 14.0 Å². The molecule has 5 heteroatoms. The van der Waals surface area contributed by atoms with Crippen molar-refractivity contribution in [1.29, 1.82) is 0 Å². The molecule has 1 aliphatic heterocycles. The van der Waals surface area contributed by atoms with Gasteiger partial charge in [0, 0.05) is 11.3 Å². The van der Waals surface area contributed by atoms with Crippen LogP contribution in [0.25, 0.3) is 0 Å². The monoisotopic (exact) mass is 389 g/mol. The van der Waals surface area contributed by atoms with Crippen molar-refractivity contribution in [3.63, 3.8) is 0 Å². The standard InChI is InChI=1S/C24H23NO4/c1-15-13-18(22(27)29-3)21(16(2)26)24(15)19-11-7-8-12-20(19)25(23(24)28)14-17-9-5-4-6-10-17/h4-13,15,21H,14H2,1-3H3/t15-,21-,24+/m1/s1. The number of carbonyl (C=O) groups is 3. The molecule has 2 aromatic carbocycles. The Hall–Kier alpha value is -3.21. The van der Waals surface area contributed by atoms with E-state index in [-0.39, 0.29) is 23.2 Å². The maximum absolute atomic E-state index is 14.0. The van der Waals surface area contributed by atoms with Crippen LogP contribution in [0, 0.1) is 11.8 Å². The first kappa shape index (κ1) is 19.1. The molecule has 0 aromatic heterocycles. The first-order chi connectivity index (χ1) is 13.9. The summed E-state index contributed by atoms with van der Waals surface area (Å²) in [4.78, 5) is 40.9. The normalized spacial score (nSPS) is 25.1. The van der Waals surface area contributed by atoms with Gasteiger partial charge < -0.3 is 9.64 Å². The Balaban J connectivity index is 1.88. The minimum atomic E-state index is -1.12. The van der Waals surface area contributed by atoms with Gasteiger partial charge in [0.2, 0.25) is 5.91 Å². The molecular formula is C24H23NO4. The number of amides is 1. The van der Waals surface area contributed by atoms with Crippen molar-refractivity contribution in [3.8, 4) is 0 Å². The molecule has 0 fully saturated rings. The summed E-state index contributed by atoms with van der Waals surface area (Å²) in [6.45, 7) is 3.74. The highest BCUT2D eigenvalue weighted by Gasteiger charge is 2.64. The van der Waals surface area contributed by atoms with E-state index in [2.05, 4.69) is 0 Å². The van der Waals surface area contributed by atoms with Gasteiger partial charge in [-0.25, -0.2) is 4.79 Å². The summed E-state index contributed by atoms with van der Waals surface area (Å²) in [6, 6.07) is 17.3. The molecule has 148 valence electrons. The third kappa shape index (κ3) is 2.64. The van der Waals surface area contributed by atoms with Gasteiger partial charge in [-0.05, 0) is 30.0 Å². The Kier molecular flexibility index (Phi) is 4.61. The number of rotatable bonds is 4. The number of anilines is 1.